The van der Waals surface area contributed by atoms with Crippen LogP contribution in [0.25, 0.3) is 0 Å². The van der Waals surface area contributed by atoms with Gasteiger partial charge in [0.15, 0.2) is 0 Å². The molecule has 0 radical (unpaired) electrons. The van der Waals surface area contributed by atoms with E-state index in [9.17, 15) is 4.79 Å². The Balaban J connectivity index is 1.85. The van der Waals surface area contributed by atoms with E-state index < -0.39 is 12.2 Å². The third kappa shape index (κ3) is 6.71. The van der Waals surface area contributed by atoms with Gasteiger partial charge in [-0.1, -0.05) is 78.7 Å². The molecule has 1 aliphatic heterocycles. The maximum Gasteiger partial charge on any atom is 0.410 e. The molecule has 0 saturated heterocycles. The summed E-state index contributed by atoms with van der Waals surface area (Å²) in [5.74, 6) is 6.15. The minimum Gasteiger partial charge on any atom is -0.450 e. The van der Waals surface area contributed by atoms with E-state index >= 15 is 0 Å². The summed E-state index contributed by atoms with van der Waals surface area (Å²) in [6.07, 6.45) is 3.51. The van der Waals surface area contributed by atoms with Crippen LogP contribution in [0.5, 0.6) is 0 Å². The quantitative estimate of drug-likeness (QED) is 0.414. The Morgan fingerprint density at radius 1 is 1.03 bits per heavy atom. The van der Waals surface area contributed by atoms with Gasteiger partial charge in [0.1, 0.15) is 12.2 Å². The van der Waals surface area contributed by atoms with Crippen LogP contribution in [0.1, 0.15) is 31.4 Å². The van der Waals surface area contributed by atoms with Gasteiger partial charge in [0.05, 0.1) is 25.9 Å². The van der Waals surface area contributed by atoms with Crippen LogP contribution in [-0.2, 0) is 27.4 Å². The lowest BCUT2D eigenvalue weighted by atomic mass is 9.99. The number of amides is 1. The lowest BCUT2D eigenvalue weighted by Gasteiger charge is -2.38. The van der Waals surface area contributed by atoms with E-state index in [0.29, 0.717) is 26.4 Å². The number of hydrogen-bond acceptors (Lipinski definition) is 4. The molecule has 0 aromatic heterocycles. The lowest BCUT2D eigenvalue weighted by molar-refractivity contribution is -0.0867. The number of carbonyl (C=O) groups excluding carboxylic acids is 1. The van der Waals surface area contributed by atoms with Gasteiger partial charge in [-0.15, -0.1) is 5.92 Å². The predicted octanol–water partition coefficient (Wildman–Crippen LogP) is 4.97. The first-order chi connectivity index (χ1) is 15.7. The first-order valence-corrected chi connectivity index (χ1v) is 11.1. The Morgan fingerprint density at radius 2 is 1.66 bits per heavy atom. The highest BCUT2D eigenvalue weighted by atomic mass is 16.6. The summed E-state index contributed by atoms with van der Waals surface area (Å²) >= 11 is 0. The Kier molecular flexibility index (Phi) is 9.37. The number of carbonyl (C=O) groups is 1. The van der Waals surface area contributed by atoms with Gasteiger partial charge in [-0.05, 0) is 31.4 Å². The Hall–Kier alpha value is -3.07. The minimum atomic E-state index is -0.520. The van der Waals surface area contributed by atoms with Crippen molar-refractivity contribution in [3.63, 3.8) is 0 Å². The lowest BCUT2D eigenvalue weighted by Crippen LogP contribution is -2.53. The molecule has 3 rings (SSSR count). The Bertz CT molecular complexity index is 917. The van der Waals surface area contributed by atoms with Gasteiger partial charge in [0.25, 0.3) is 0 Å². The number of rotatable bonds is 9. The second-order valence-electron chi connectivity index (χ2n) is 7.47. The van der Waals surface area contributed by atoms with E-state index in [4.69, 9.17) is 14.2 Å². The summed E-state index contributed by atoms with van der Waals surface area (Å²) in [4.78, 5) is 14.4. The molecule has 0 N–H and O–H groups in total. The van der Waals surface area contributed by atoms with Crippen molar-refractivity contribution >= 4 is 6.09 Å². The fraction of sp³-hybridized carbons (Fsp3) is 0.370. The molecule has 1 aliphatic rings. The number of hydrogen-bond donors (Lipinski definition) is 0. The molecular weight excluding hydrogens is 402 g/mol. The van der Waals surface area contributed by atoms with Crippen LogP contribution in [0.4, 0.5) is 4.79 Å². The summed E-state index contributed by atoms with van der Waals surface area (Å²) in [5.41, 5.74) is 2.10. The van der Waals surface area contributed by atoms with Crippen molar-refractivity contribution in [2.24, 2.45) is 0 Å². The zero-order chi connectivity index (χ0) is 22.6. The summed E-state index contributed by atoms with van der Waals surface area (Å²) in [6, 6.07) is 19.6. The van der Waals surface area contributed by atoms with Crippen molar-refractivity contribution in [2.75, 3.05) is 13.2 Å². The topological polar surface area (TPSA) is 48.0 Å². The molecule has 168 valence electrons. The Morgan fingerprint density at radius 3 is 2.25 bits per heavy atom. The highest BCUT2D eigenvalue weighted by Gasteiger charge is 2.37. The van der Waals surface area contributed by atoms with E-state index in [1.807, 2.05) is 73.7 Å². The van der Waals surface area contributed by atoms with Crippen LogP contribution < -0.4 is 0 Å². The third-order valence-corrected chi connectivity index (χ3v) is 5.21. The summed E-state index contributed by atoms with van der Waals surface area (Å²) < 4.78 is 18.0. The molecule has 3 atom stereocenters. The summed E-state index contributed by atoms with van der Waals surface area (Å²) in [5, 5.41) is 0. The van der Waals surface area contributed by atoms with Gasteiger partial charge in [0, 0.05) is 6.54 Å². The maximum atomic E-state index is 12.7. The van der Waals surface area contributed by atoms with Crippen molar-refractivity contribution in [2.45, 2.75) is 51.7 Å². The molecule has 0 unspecified atom stereocenters. The second-order valence-corrected chi connectivity index (χ2v) is 7.47. The standard InChI is InChI=1S/C27H31NO4/c1-3-13-25(31-20-22-14-7-5-8-15-22)26(32-21-23-16-9-6-10-17-23)24-18-11-12-19-28(24)27(29)30-4-2/h5-11,14-18,24-26H,4,12,19-21H2,1-2H3/t24-,25-,26-/m0/s1. The van der Waals surface area contributed by atoms with Crippen molar-refractivity contribution in [3.05, 3.63) is 83.9 Å². The van der Waals surface area contributed by atoms with Gasteiger partial charge < -0.3 is 14.2 Å². The van der Waals surface area contributed by atoms with Gasteiger partial charge in [-0.25, -0.2) is 4.79 Å². The first kappa shape index (κ1) is 23.6. The van der Waals surface area contributed by atoms with Crippen molar-refractivity contribution in [1.29, 1.82) is 0 Å². The summed E-state index contributed by atoms with van der Waals surface area (Å²) in [7, 11) is 0. The van der Waals surface area contributed by atoms with E-state index in [2.05, 4.69) is 17.9 Å². The number of benzene rings is 2. The van der Waals surface area contributed by atoms with Gasteiger partial charge >= 0.3 is 6.09 Å². The van der Waals surface area contributed by atoms with Gasteiger partial charge in [-0.2, -0.15) is 0 Å². The molecule has 1 heterocycles. The monoisotopic (exact) mass is 433 g/mol. The molecule has 0 aliphatic carbocycles. The highest BCUT2D eigenvalue weighted by molar-refractivity contribution is 5.68. The Labute approximate surface area is 191 Å². The molecule has 2 aromatic carbocycles. The number of nitrogens with zero attached hydrogens (tertiary/aromatic N) is 1. The van der Waals surface area contributed by atoms with Crippen LogP contribution in [0, 0.1) is 11.8 Å². The first-order valence-electron chi connectivity index (χ1n) is 11.1. The van der Waals surface area contributed by atoms with Gasteiger partial charge in [0.2, 0.25) is 0 Å². The maximum absolute atomic E-state index is 12.7. The molecule has 0 saturated carbocycles. The SMILES string of the molecule is CC#C[C@H](OCc1ccccc1)[C@@H](OCc1ccccc1)[C@@H]1C=CCCN1C(=O)OCC. The third-order valence-electron chi connectivity index (χ3n) is 5.21. The van der Waals surface area contributed by atoms with E-state index in [-0.39, 0.29) is 12.1 Å². The average Bonchev–Trinajstić information content (AvgIpc) is 2.84. The molecule has 0 bridgehead atoms. The van der Waals surface area contributed by atoms with Crippen LogP contribution in [0.3, 0.4) is 0 Å². The fourth-order valence-corrected chi connectivity index (χ4v) is 3.66. The van der Waals surface area contributed by atoms with Crippen molar-refractivity contribution < 1.29 is 19.0 Å². The second kappa shape index (κ2) is 12.7. The molecule has 0 fully saturated rings. The average molecular weight is 434 g/mol. The van der Waals surface area contributed by atoms with Crippen LogP contribution in [-0.4, -0.2) is 42.4 Å². The van der Waals surface area contributed by atoms with Crippen molar-refractivity contribution in [1.82, 2.24) is 4.90 Å². The van der Waals surface area contributed by atoms with E-state index in [1.54, 1.807) is 11.8 Å². The summed E-state index contributed by atoms with van der Waals surface area (Å²) in [6.45, 7) is 5.28. The largest absolute Gasteiger partial charge is 0.450 e. The van der Waals surface area contributed by atoms with Crippen LogP contribution in [0.2, 0.25) is 0 Å². The highest BCUT2D eigenvalue weighted by Crippen LogP contribution is 2.23. The molecule has 0 spiro atoms. The number of ether oxygens (including phenoxy) is 3. The van der Waals surface area contributed by atoms with Crippen LogP contribution >= 0.6 is 0 Å². The molecule has 32 heavy (non-hydrogen) atoms. The smallest absolute Gasteiger partial charge is 0.410 e. The fourth-order valence-electron chi connectivity index (χ4n) is 3.66. The zero-order valence-electron chi connectivity index (χ0n) is 18.8. The molecule has 2 aromatic rings. The van der Waals surface area contributed by atoms with Gasteiger partial charge in [-0.3, -0.25) is 4.90 Å². The molecule has 5 heteroatoms. The van der Waals surface area contributed by atoms with Crippen molar-refractivity contribution in [3.8, 4) is 11.8 Å². The molecule has 1 amide bonds. The van der Waals surface area contributed by atoms with Crippen LogP contribution in [0.15, 0.2) is 72.8 Å². The van der Waals surface area contributed by atoms with E-state index in [0.717, 1.165) is 17.5 Å². The molecule has 5 nitrogen and oxygen atoms in total. The predicted molar refractivity (Wildman–Crippen MR) is 125 cm³/mol. The zero-order valence-corrected chi connectivity index (χ0v) is 18.8. The molecular formula is C27H31NO4. The normalized spacial score (nSPS) is 17.2. The minimum absolute atomic E-state index is 0.323. The van der Waals surface area contributed by atoms with E-state index in [1.165, 1.54) is 0 Å².